The molecule has 0 amide bonds. The lowest BCUT2D eigenvalue weighted by molar-refractivity contribution is 0.381. The summed E-state index contributed by atoms with van der Waals surface area (Å²) >= 11 is 5.71. The topological polar surface area (TPSA) is 12.4 Å². The molecule has 7 heteroatoms. The normalized spacial score (nSPS) is 11.8. The first-order chi connectivity index (χ1) is 9.43. The molecule has 0 radical (unpaired) electrons. The van der Waals surface area contributed by atoms with Crippen LogP contribution in [0.15, 0.2) is 35.3 Å². The lowest BCUT2D eigenvalue weighted by Gasteiger charge is -2.05. The van der Waals surface area contributed by atoms with Gasteiger partial charge in [0.2, 0.25) is 5.82 Å². The summed E-state index contributed by atoms with van der Waals surface area (Å²) in [4.78, 5) is 3.28. The molecular formula is C13H5ClF5N. The van der Waals surface area contributed by atoms with Crippen molar-refractivity contribution in [3.63, 3.8) is 0 Å². The van der Waals surface area contributed by atoms with Gasteiger partial charge in [0.05, 0.1) is 0 Å². The molecule has 0 saturated heterocycles. The fourth-order valence-corrected chi connectivity index (χ4v) is 1.64. The van der Waals surface area contributed by atoms with Crippen LogP contribution < -0.4 is 0 Å². The molecule has 1 nitrogen and oxygen atoms in total. The number of nitrogens with zero attached hydrogens (tertiary/aromatic N) is 1. The van der Waals surface area contributed by atoms with E-state index in [0.29, 0.717) is 0 Å². The second-order valence-corrected chi connectivity index (χ2v) is 4.05. The van der Waals surface area contributed by atoms with E-state index in [9.17, 15) is 22.0 Å². The highest BCUT2D eigenvalue weighted by Gasteiger charge is 2.25. The standard InChI is InChI=1S/C13H5ClF5N/c14-13(6-4-2-1-3-5-6)20-12-10(18)8(16)7(15)9(17)11(12)19/h1-5H. The maximum absolute atomic E-state index is 13.4. The molecule has 2 aromatic rings. The third-order valence-corrected chi connectivity index (χ3v) is 2.71. The smallest absolute Gasteiger partial charge is 0.200 e. The van der Waals surface area contributed by atoms with Crippen LogP contribution in [0.2, 0.25) is 0 Å². The maximum Gasteiger partial charge on any atom is 0.200 e. The number of halogens is 6. The van der Waals surface area contributed by atoms with Crippen LogP contribution in [-0.4, -0.2) is 5.17 Å². The van der Waals surface area contributed by atoms with E-state index in [1.807, 2.05) is 0 Å². The fraction of sp³-hybridized carbons (Fsp3) is 0. The van der Waals surface area contributed by atoms with E-state index in [0.717, 1.165) is 0 Å². The summed E-state index contributed by atoms with van der Waals surface area (Å²) in [5.41, 5.74) is -1.05. The Morgan fingerprint density at radius 3 is 1.70 bits per heavy atom. The monoisotopic (exact) mass is 305 g/mol. The summed E-state index contributed by atoms with van der Waals surface area (Å²) in [6.45, 7) is 0. The molecule has 104 valence electrons. The molecule has 2 aromatic carbocycles. The predicted molar refractivity (Wildman–Crippen MR) is 64.7 cm³/mol. The Morgan fingerprint density at radius 1 is 0.750 bits per heavy atom. The van der Waals surface area contributed by atoms with Crippen molar-refractivity contribution in [3.8, 4) is 0 Å². The van der Waals surface area contributed by atoms with Crippen molar-refractivity contribution >= 4 is 22.5 Å². The summed E-state index contributed by atoms with van der Waals surface area (Å²) in [6, 6.07) is 7.75. The average molecular weight is 306 g/mol. The fourth-order valence-electron chi connectivity index (χ4n) is 1.43. The van der Waals surface area contributed by atoms with E-state index >= 15 is 0 Å². The minimum atomic E-state index is -2.24. The van der Waals surface area contributed by atoms with Gasteiger partial charge in [0.15, 0.2) is 23.3 Å². The summed E-state index contributed by atoms with van der Waals surface area (Å²) in [7, 11) is 0. The van der Waals surface area contributed by atoms with Gasteiger partial charge < -0.3 is 0 Å². The van der Waals surface area contributed by atoms with Gasteiger partial charge in [0, 0.05) is 5.56 Å². The zero-order chi connectivity index (χ0) is 14.9. The van der Waals surface area contributed by atoms with Gasteiger partial charge in [-0.3, -0.25) is 0 Å². The van der Waals surface area contributed by atoms with E-state index in [1.54, 1.807) is 18.2 Å². The molecule has 0 aliphatic carbocycles. The first-order valence-corrected chi connectivity index (χ1v) is 5.62. The Labute approximate surface area is 115 Å². The number of hydrogen-bond acceptors (Lipinski definition) is 1. The molecule has 20 heavy (non-hydrogen) atoms. The van der Waals surface area contributed by atoms with Gasteiger partial charge >= 0.3 is 0 Å². The van der Waals surface area contributed by atoms with Crippen molar-refractivity contribution in [3.05, 3.63) is 65.0 Å². The molecule has 0 fully saturated rings. The molecule has 0 spiro atoms. The van der Waals surface area contributed by atoms with Crippen LogP contribution in [0.4, 0.5) is 27.6 Å². The predicted octanol–water partition coefficient (Wildman–Crippen LogP) is 4.70. The summed E-state index contributed by atoms with van der Waals surface area (Å²) in [5.74, 6) is -10.4. The summed E-state index contributed by atoms with van der Waals surface area (Å²) < 4.78 is 65.6. The molecule has 0 aliphatic rings. The molecule has 0 heterocycles. The zero-order valence-electron chi connectivity index (χ0n) is 9.60. The third-order valence-electron chi connectivity index (χ3n) is 2.41. The molecule has 0 saturated carbocycles. The molecule has 0 aliphatic heterocycles. The van der Waals surface area contributed by atoms with Gasteiger partial charge in [-0.05, 0) is 0 Å². The quantitative estimate of drug-likeness (QED) is 0.330. The van der Waals surface area contributed by atoms with Gasteiger partial charge in [-0.15, -0.1) is 0 Å². The Kier molecular flexibility index (Phi) is 4.04. The lowest BCUT2D eigenvalue weighted by Crippen LogP contribution is -2.02. The lowest BCUT2D eigenvalue weighted by atomic mass is 10.2. The van der Waals surface area contributed by atoms with Crippen molar-refractivity contribution in [2.45, 2.75) is 0 Å². The zero-order valence-corrected chi connectivity index (χ0v) is 10.4. The van der Waals surface area contributed by atoms with Crippen molar-refractivity contribution in [2.24, 2.45) is 4.99 Å². The summed E-state index contributed by atoms with van der Waals surface area (Å²) in [6.07, 6.45) is 0. The minimum absolute atomic E-state index is 0.276. The molecule has 0 bridgehead atoms. The molecular weight excluding hydrogens is 301 g/mol. The Hall–Kier alpha value is -1.95. The van der Waals surface area contributed by atoms with E-state index in [4.69, 9.17) is 11.6 Å². The first-order valence-electron chi connectivity index (χ1n) is 5.24. The third kappa shape index (κ3) is 2.51. The van der Waals surface area contributed by atoms with E-state index in [1.165, 1.54) is 12.1 Å². The Morgan fingerprint density at radius 2 is 1.20 bits per heavy atom. The summed E-state index contributed by atoms with van der Waals surface area (Å²) in [5, 5.41) is -0.395. The maximum atomic E-state index is 13.4. The SMILES string of the molecule is Fc1c(F)c(F)c(N=C(Cl)c2ccccc2)c(F)c1F. The second-order valence-electron chi connectivity index (χ2n) is 3.69. The van der Waals surface area contributed by atoms with Gasteiger partial charge in [-0.25, -0.2) is 26.9 Å². The van der Waals surface area contributed by atoms with Crippen LogP contribution in [0, 0.1) is 29.1 Å². The van der Waals surface area contributed by atoms with Crippen molar-refractivity contribution in [1.29, 1.82) is 0 Å². The van der Waals surface area contributed by atoms with Crippen LogP contribution in [-0.2, 0) is 0 Å². The van der Waals surface area contributed by atoms with Crippen LogP contribution in [0.1, 0.15) is 5.56 Å². The molecule has 0 unspecified atom stereocenters. The average Bonchev–Trinajstić information content (AvgIpc) is 2.48. The first kappa shape index (κ1) is 14.5. The van der Waals surface area contributed by atoms with Crippen LogP contribution >= 0.6 is 11.6 Å². The van der Waals surface area contributed by atoms with Gasteiger partial charge in [-0.2, -0.15) is 0 Å². The Balaban J connectivity index is 2.60. The van der Waals surface area contributed by atoms with E-state index in [-0.39, 0.29) is 5.56 Å². The highest BCUT2D eigenvalue weighted by molar-refractivity contribution is 6.69. The van der Waals surface area contributed by atoms with Crippen molar-refractivity contribution < 1.29 is 22.0 Å². The molecule has 2 rings (SSSR count). The van der Waals surface area contributed by atoms with Gasteiger partial charge in [0.25, 0.3) is 0 Å². The highest BCUT2D eigenvalue weighted by Crippen LogP contribution is 2.30. The van der Waals surface area contributed by atoms with Crippen LogP contribution in [0.25, 0.3) is 0 Å². The van der Waals surface area contributed by atoms with E-state index < -0.39 is 39.9 Å². The number of hydrogen-bond donors (Lipinski definition) is 0. The van der Waals surface area contributed by atoms with Crippen LogP contribution in [0.3, 0.4) is 0 Å². The minimum Gasteiger partial charge on any atom is -0.230 e. The molecule has 0 aromatic heterocycles. The molecule has 0 atom stereocenters. The van der Waals surface area contributed by atoms with Crippen molar-refractivity contribution in [2.75, 3.05) is 0 Å². The number of rotatable bonds is 2. The second kappa shape index (κ2) is 5.58. The Bertz CT molecular complexity index is 656. The van der Waals surface area contributed by atoms with Crippen LogP contribution in [0.5, 0.6) is 0 Å². The number of aliphatic imine (C=N–C) groups is 1. The number of benzene rings is 2. The highest BCUT2D eigenvalue weighted by atomic mass is 35.5. The largest absolute Gasteiger partial charge is 0.230 e. The van der Waals surface area contributed by atoms with Crippen molar-refractivity contribution in [1.82, 2.24) is 0 Å². The van der Waals surface area contributed by atoms with Gasteiger partial charge in [-0.1, -0.05) is 41.9 Å². The van der Waals surface area contributed by atoms with Gasteiger partial charge in [0.1, 0.15) is 10.9 Å². The molecule has 0 N–H and O–H groups in total. The van der Waals surface area contributed by atoms with E-state index in [2.05, 4.69) is 4.99 Å².